The fourth-order valence-corrected chi connectivity index (χ4v) is 7.35. The van der Waals surface area contributed by atoms with Gasteiger partial charge in [0.1, 0.15) is 0 Å². The monoisotopic (exact) mass is 581 g/mol. The van der Waals surface area contributed by atoms with E-state index in [0.29, 0.717) is 25.2 Å². The Balaban J connectivity index is 1.12. The number of amides is 1. The van der Waals surface area contributed by atoms with Crippen LogP contribution in [0.15, 0.2) is 22.4 Å². The first-order valence-corrected chi connectivity index (χ1v) is 14.8. The molecule has 4 aliphatic rings. The minimum absolute atomic E-state index is 0.0240. The Morgan fingerprint density at radius 3 is 2.90 bits per heavy atom. The predicted octanol–water partition coefficient (Wildman–Crippen LogP) is 2.58. The predicted molar refractivity (Wildman–Crippen MR) is 141 cm³/mol. The fourth-order valence-electron chi connectivity index (χ4n) is 6.44. The number of ether oxygens (including phenoxy) is 2. The van der Waals surface area contributed by atoms with Gasteiger partial charge in [0.2, 0.25) is 5.91 Å². The van der Waals surface area contributed by atoms with E-state index in [1.807, 2.05) is 5.51 Å². The van der Waals surface area contributed by atoms with Crippen molar-refractivity contribution >= 4 is 17.2 Å². The first-order chi connectivity index (χ1) is 19.2. The molecule has 4 atom stereocenters. The number of likely N-dealkylation sites (tertiary alicyclic amines) is 1. The van der Waals surface area contributed by atoms with Crippen LogP contribution in [-0.2, 0) is 40.0 Å². The summed E-state index contributed by atoms with van der Waals surface area (Å²) in [5.74, 6) is -0.197. The number of aromatic nitrogens is 2. The summed E-state index contributed by atoms with van der Waals surface area (Å²) in [6, 6.07) is 1.82. The van der Waals surface area contributed by atoms with Gasteiger partial charge in [0.05, 0.1) is 46.4 Å². The molecule has 0 radical (unpaired) electrons. The highest BCUT2D eigenvalue weighted by Crippen LogP contribution is 2.38. The lowest BCUT2D eigenvalue weighted by atomic mass is 10.1. The first kappa shape index (κ1) is 27.8. The maximum atomic E-state index is 13.3. The summed E-state index contributed by atoms with van der Waals surface area (Å²) in [6.45, 7) is 3.68. The molecule has 0 aromatic carbocycles. The number of hydrogen-bond donors (Lipinski definition) is 1. The van der Waals surface area contributed by atoms with Gasteiger partial charge in [0, 0.05) is 63.7 Å². The normalized spacial score (nSPS) is 27.8. The highest BCUT2D eigenvalue weighted by atomic mass is 32.1. The van der Waals surface area contributed by atoms with E-state index in [0.717, 1.165) is 63.6 Å². The van der Waals surface area contributed by atoms with Crippen LogP contribution < -0.4 is 10.9 Å². The summed E-state index contributed by atoms with van der Waals surface area (Å²) in [5.41, 5.74) is 1.60. The summed E-state index contributed by atoms with van der Waals surface area (Å²) in [6.07, 6.45) is -0.0233. The number of fused-ring (bicyclic) bond motifs is 2. The van der Waals surface area contributed by atoms with E-state index in [1.165, 1.54) is 9.44 Å². The second-order valence-corrected chi connectivity index (χ2v) is 12.0. The van der Waals surface area contributed by atoms with Crippen LogP contribution in [0.5, 0.6) is 0 Å². The molecule has 1 amide bonds. The molecule has 1 N–H and O–H groups in total. The van der Waals surface area contributed by atoms with E-state index in [-0.39, 0.29) is 49.5 Å². The zero-order valence-electron chi connectivity index (χ0n) is 22.2. The summed E-state index contributed by atoms with van der Waals surface area (Å²) in [7, 11) is 0. The number of halogens is 3. The molecule has 40 heavy (non-hydrogen) atoms. The van der Waals surface area contributed by atoms with Crippen molar-refractivity contribution in [2.75, 3.05) is 39.4 Å². The molecule has 2 fully saturated rings. The molecular formula is C27H34F3N5O4S. The minimum atomic E-state index is -4.60. The van der Waals surface area contributed by atoms with Crippen molar-refractivity contribution in [2.24, 2.45) is 0 Å². The Bertz CT molecular complexity index is 1280. The van der Waals surface area contributed by atoms with Crippen molar-refractivity contribution in [3.63, 3.8) is 0 Å². The van der Waals surface area contributed by atoms with Crippen molar-refractivity contribution in [1.82, 2.24) is 24.7 Å². The average Bonchev–Trinajstić information content (AvgIpc) is 3.56. The van der Waals surface area contributed by atoms with Gasteiger partial charge >= 0.3 is 6.18 Å². The van der Waals surface area contributed by atoms with Crippen molar-refractivity contribution in [1.29, 1.82) is 0 Å². The Morgan fingerprint density at radius 2 is 2.05 bits per heavy atom. The lowest BCUT2D eigenvalue weighted by Crippen LogP contribution is -2.49. The van der Waals surface area contributed by atoms with Crippen LogP contribution >= 0.6 is 11.3 Å². The average molecular weight is 582 g/mol. The maximum absolute atomic E-state index is 13.3. The van der Waals surface area contributed by atoms with Crippen LogP contribution in [-0.4, -0.2) is 82.8 Å². The van der Waals surface area contributed by atoms with Gasteiger partial charge in [0.15, 0.2) is 0 Å². The van der Waals surface area contributed by atoms with Crippen LogP contribution in [0.2, 0.25) is 0 Å². The molecule has 1 aliphatic carbocycles. The molecule has 218 valence electrons. The van der Waals surface area contributed by atoms with Crippen LogP contribution in [0.4, 0.5) is 13.2 Å². The van der Waals surface area contributed by atoms with E-state index >= 15 is 0 Å². The second-order valence-electron chi connectivity index (χ2n) is 11.1. The number of rotatable bonds is 6. The molecule has 0 saturated carbocycles. The smallest absolute Gasteiger partial charge is 0.381 e. The number of alkyl halides is 3. The van der Waals surface area contributed by atoms with Crippen molar-refractivity contribution in [2.45, 2.75) is 75.7 Å². The molecule has 9 nitrogen and oxygen atoms in total. The topological polar surface area (TPSA) is 88.9 Å². The second kappa shape index (κ2) is 11.5. The molecule has 6 rings (SSSR count). The summed E-state index contributed by atoms with van der Waals surface area (Å²) >= 11 is 1.62. The zero-order chi connectivity index (χ0) is 27.9. The molecule has 3 unspecified atom stereocenters. The van der Waals surface area contributed by atoms with Gasteiger partial charge in [-0.25, -0.2) is 4.98 Å². The van der Waals surface area contributed by atoms with Crippen molar-refractivity contribution in [3.05, 3.63) is 49.8 Å². The summed E-state index contributed by atoms with van der Waals surface area (Å²) < 4.78 is 53.4. The number of carbonyl (C=O) groups is 1. The minimum Gasteiger partial charge on any atom is -0.381 e. The third-order valence-electron chi connectivity index (χ3n) is 8.46. The third-order valence-corrected chi connectivity index (χ3v) is 9.42. The third kappa shape index (κ3) is 5.98. The molecule has 5 heterocycles. The molecule has 0 bridgehead atoms. The van der Waals surface area contributed by atoms with Gasteiger partial charge in [-0.05, 0) is 38.2 Å². The largest absolute Gasteiger partial charge is 0.416 e. The Kier molecular flexibility index (Phi) is 8.01. The summed E-state index contributed by atoms with van der Waals surface area (Å²) in [4.78, 5) is 35.3. The maximum Gasteiger partial charge on any atom is 0.416 e. The van der Waals surface area contributed by atoms with Gasteiger partial charge in [-0.1, -0.05) is 0 Å². The Hall–Kier alpha value is -2.32. The first-order valence-electron chi connectivity index (χ1n) is 14.0. The number of nitrogens with one attached hydrogen (secondary N) is 1. The van der Waals surface area contributed by atoms with Crippen LogP contribution in [0.25, 0.3) is 0 Å². The number of thiazole rings is 1. The molecule has 2 aromatic rings. The molecular weight excluding hydrogens is 547 g/mol. The number of hydrogen-bond acceptors (Lipinski definition) is 8. The van der Waals surface area contributed by atoms with Gasteiger partial charge in [-0.15, -0.1) is 11.3 Å². The number of aryl methyl sites for hydroxylation is 1. The quantitative estimate of drug-likeness (QED) is 0.561. The zero-order valence-corrected chi connectivity index (χ0v) is 23.0. The lowest BCUT2D eigenvalue weighted by Gasteiger charge is -2.30. The van der Waals surface area contributed by atoms with Crippen LogP contribution in [0, 0.1) is 0 Å². The number of nitrogens with zero attached hydrogens (tertiary/aromatic N) is 4. The van der Waals surface area contributed by atoms with E-state index in [4.69, 9.17) is 9.47 Å². The highest BCUT2D eigenvalue weighted by molar-refractivity contribution is 7.09. The number of pyridine rings is 1. The summed E-state index contributed by atoms with van der Waals surface area (Å²) in [5, 5.41) is 3.18. The molecule has 3 aliphatic heterocycles. The van der Waals surface area contributed by atoms with Crippen LogP contribution in [0.3, 0.4) is 0 Å². The highest BCUT2D eigenvalue weighted by Gasteiger charge is 2.41. The van der Waals surface area contributed by atoms with Crippen molar-refractivity contribution in [3.8, 4) is 0 Å². The lowest BCUT2D eigenvalue weighted by molar-refractivity contribution is -0.138. The van der Waals surface area contributed by atoms with Crippen LogP contribution in [0.1, 0.15) is 53.6 Å². The standard InChI is InChI=1S/C27H34F3N5O4S/c28-27(29,30)17-10-19-12-33(6-7-35(19)25(37)11-17)15-24(36)32-21-13-34(18-2-1-8-38-9-5-18)14-23(21)39-22-4-3-20-26(22)40-16-31-20/h10-11,16,18,21-23H,1-9,12-15H2,(H,32,36)/t18?,21?,22?,23-/m0/s1. The van der Waals surface area contributed by atoms with Gasteiger partial charge in [0.25, 0.3) is 5.56 Å². The van der Waals surface area contributed by atoms with Crippen molar-refractivity contribution < 1.29 is 27.4 Å². The van der Waals surface area contributed by atoms with E-state index < -0.39 is 17.3 Å². The van der Waals surface area contributed by atoms with Gasteiger partial charge in [-0.2, -0.15) is 13.2 Å². The molecule has 2 aromatic heterocycles. The van der Waals surface area contributed by atoms with Gasteiger partial charge in [-0.3, -0.25) is 19.4 Å². The van der Waals surface area contributed by atoms with E-state index in [9.17, 15) is 22.8 Å². The molecule has 2 saturated heterocycles. The van der Waals surface area contributed by atoms with Gasteiger partial charge < -0.3 is 19.4 Å². The van der Waals surface area contributed by atoms with E-state index in [2.05, 4.69) is 15.2 Å². The Morgan fingerprint density at radius 1 is 1.18 bits per heavy atom. The fraction of sp³-hybridized carbons (Fsp3) is 0.667. The SMILES string of the molecule is O=C(CN1CCn2c(cc(C(F)(F)F)cc2=O)C1)NC1CN(C2CCCOCC2)C[C@@H]1OC1CCc2ncsc21. The number of carbonyl (C=O) groups excluding carboxylic acids is 1. The molecule has 13 heteroatoms. The van der Waals surface area contributed by atoms with E-state index in [1.54, 1.807) is 16.2 Å². The molecule has 0 spiro atoms. The Labute approximate surface area is 234 Å².